The molecular weight excluding hydrogens is 435 g/mol. The molecule has 12 heteroatoms. The maximum absolute atomic E-state index is 12.4. The number of imidazole rings is 1. The van der Waals surface area contributed by atoms with E-state index >= 15 is 0 Å². The van der Waals surface area contributed by atoms with Crippen LogP contribution in [-0.4, -0.2) is 47.5 Å². The second-order valence-corrected chi connectivity index (χ2v) is 7.80. The van der Waals surface area contributed by atoms with Gasteiger partial charge in [0, 0.05) is 35.8 Å². The molecule has 5 rings (SSSR count). The van der Waals surface area contributed by atoms with Crippen LogP contribution in [-0.2, 0) is 4.74 Å². The van der Waals surface area contributed by atoms with Gasteiger partial charge in [0.2, 0.25) is 11.7 Å². The number of hydrogen-bond donors (Lipinski definition) is 1. The highest BCUT2D eigenvalue weighted by Crippen LogP contribution is 2.29. The lowest BCUT2D eigenvalue weighted by molar-refractivity contribution is -0.345. The van der Waals surface area contributed by atoms with Gasteiger partial charge in [0.15, 0.2) is 0 Å². The van der Waals surface area contributed by atoms with Gasteiger partial charge in [-0.15, -0.1) is 18.3 Å². The van der Waals surface area contributed by atoms with Gasteiger partial charge in [0.1, 0.15) is 5.15 Å². The number of hydrogen-bond acceptors (Lipinski definition) is 6. The fourth-order valence-corrected chi connectivity index (χ4v) is 4.06. The topological polar surface area (TPSA) is 81.6 Å². The van der Waals surface area contributed by atoms with Crippen molar-refractivity contribution in [3.05, 3.63) is 42.2 Å². The molecular formula is C19H17ClF3N7O. The summed E-state index contributed by atoms with van der Waals surface area (Å²) in [4.78, 5) is 12.8. The maximum Gasteiger partial charge on any atom is 0.522 e. The zero-order valence-corrected chi connectivity index (χ0v) is 16.8. The first kappa shape index (κ1) is 20.0. The number of alkyl halides is 3. The minimum Gasteiger partial charge on any atom is -0.350 e. The van der Waals surface area contributed by atoms with E-state index in [1.54, 1.807) is 21.3 Å². The highest BCUT2D eigenvalue weighted by molar-refractivity contribution is 6.29. The summed E-state index contributed by atoms with van der Waals surface area (Å²) in [5.74, 6) is 0.927. The van der Waals surface area contributed by atoms with E-state index in [0.717, 1.165) is 16.6 Å². The number of ether oxygens (including phenoxy) is 1. The van der Waals surface area contributed by atoms with Crippen LogP contribution >= 0.6 is 11.6 Å². The van der Waals surface area contributed by atoms with Crippen LogP contribution in [0, 0.1) is 0 Å². The summed E-state index contributed by atoms with van der Waals surface area (Å²) in [6.45, 7) is 0. The number of fused-ring (bicyclic) bond motifs is 2. The minimum atomic E-state index is -4.59. The van der Waals surface area contributed by atoms with E-state index in [4.69, 9.17) is 11.6 Å². The Bertz CT molecular complexity index is 1230. The molecule has 1 N–H and O–H groups in total. The number of nitrogens with zero attached hydrogens (tertiary/aromatic N) is 6. The van der Waals surface area contributed by atoms with Gasteiger partial charge in [-0.05, 0) is 31.7 Å². The fraction of sp³-hybridized carbons (Fsp3) is 0.368. The standard InChI is InChI=1S/C19H17ClF3N7O/c20-16-9-26-18-25-7-11(10-29(16)18)14-5-6-30-15(14)8-24-17(28-30)27-12-1-3-13(4-2-12)31-19(21,22)23/h5-10,12-13H,1-4H2,(H,27,28)/t12-,13+. The lowest BCUT2D eigenvalue weighted by Crippen LogP contribution is -2.33. The van der Waals surface area contributed by atoms with Crippen molar-refractivity contribution in [1.82, 2.24) is 29.0 Å². The number of nitrogens with one attached hydrogen (secondary N) is 1. The summed E-state index contributed by atoms with van der Waals surface area (Å²) < 4.78 is 44.6. The fourth-order valence-electron chi connectivity index (χ4n) is 3.89. The zero-order valence-electron chi connectivity index (χ0n) is 16.1. The number of rotatable bonds is 4. The van der Waals surface area contributed by atoms with Crippen molar-refractivity contribution in [3.63, 3.8) is 0 Å². The first-order valence-electron chi connectivity index (χ1n) is 9.70. The Morgan fingerprint density at radius 3 is 2.61 bits per heavy atom. The van der Waals surface area contributed by atoms with E-state index in [1.807, 2.05) is 18.5 Å². The van der Waals surface area contributed by atoms with Crippen molar-refractivity contribution in [2.45, 2.75) is 44.2 Å². The van der Waals surface area contributed by atoms with E-state index in [0.29, 0.717) is 42.6 Å². The molecule has 0 atom stereocenters. The third-order valence-corrected chi connectivity index (χ3v) is 5.63. The van der Waals surface area contributed by atoms with Gasteiger partial charge in [-0.3, -0.25) is 9.14 Å². The van der Waals surface area contributed by atoms with Gasteiger partial charge >= 0.3 is 6.36 Å². The Balaban J connectivity index is 1.31. The second-order valence-electron chi connectivity index (χ2n) is 7.42. The zero-order chi connectivity index (χ0) is 21.6. The van der Waals surface area contributed by atoms with E-state index in [2.05, 4.69) is 30.1 Å². The molecule has 0 amide bonds. The highest BCUT2D eigenvalue weighted by atomic mass is 35.5. The normalized spacial score (nSPS) is 19.9. The molecule has 0 unspecified atom stereocenters. The summed E-state index contributed by atoms with van der Waals surface area (Å²) in [6, 6.07) is 1.90. The lowest BCUT2D eigenvalue weighted by Gasteiger charge is -2.29. The Morgan fingerprint density at radius 2 is 1.84 bits per heavy atom. The Kier molecular flexibility index (Phi) is 4.94. The smallest absolute Gasteiger partial charge is 0.350 e. The lowest BCUT2D eigenvalue weighted by atomic mass is 9.93. The molecule has 0 aromatic carbocycles. The number of halogens is 4. The van der Waals surface area contributed by atoms with E-state index in [9.17, 15) is 13.2 Å². The molecule has 0 bridgehead atoms. The number of aromatic nitrogens is 6. The van der Waals surface area contributed by atoms with Gasteiger partial charge in [-0.1, -0.05) is 11.6 Å². The van der Waals surface area contributed by atoms with E-state index in [-0.39, 0.29) is 6.04 Å². The third-order valence-electron chi connectivity index (χ3n) is 5.35. The largest absolute Gasteiger partial charge is 0.522 e. The van der Waals surface area contributed by atoms with Crippen LogP contribution in [0.2, 0.25) is 5.15 Å². The Hall–Kier alpha value is -2.92. The average molecular weight is 452 g/mol. The van der Waals surface area contributed by atoms with E-state index in [1.165, 1.54) is 6.20 Å². The van der Waals surface area contributed by atoms with E-state index < -0.39 is 12.5 Å². The van der Waals surface area contributed by atoms with Crippen molar-refractivity contribution < 1.29 is 17.9 Å². The first-order chi connectivity index (χ1) is 14.9. The summed E-state index contributed by atoms with van der Waals surface area (Å²) in [7, 11) is 0. The minimum absolute atomic E-state index is 0.00411. The highest BCUT2D eigenvalue weighted by Gasteiger charge is 2.35. The summed E-state index contributed by atoms with van der Waals surface area (Å²) in [6.07, 6.45) is 4.99. The van der Waals surface area contributed by atoms with Crippen molar-refractivity contribution in [2.75, 3.05) is 5.32 Å². The van der Waals surface area contributed by atoms with Crippen LogP contribution < -0.4 is 5.32 Å². The molecule has 4 aromatic heterocycles. The van der Waals surface area contributed by atoms with Gasteiger partial charge in [-0.25, -0.2) is 19.5 Å². The average Bonchev–Trinajstić information content (AvgIpc) is 3.31. The SMILES string of the molecule is FC(F)(F)O[C@H]1CC[C@@H](Nc2ncc3c(-c4cnc5ncc(Cl)n5c4)ccn3n2)CC1. The van der Waals surface area contributed by atoms with Crippen molar-refractivity contribution in [3.8, 4) is 11.1 Å². The molecule has 162 valence electrons. The van der Waals surface area contributed by atoms with Crippen LogP contribution in [0.1, 0.15) is 25.7 Å². The molecule has 0 spiro atoms. The van der Waals surface area contributed by atoms with Crippen molar-refractivity contribution in [1.29, 1.82) is 0 Å². The maximum atomic E-state index is 12.4. The predicted octanol–water partition coefficient (Wildman–Crippen LogP) is 4.35. The van der Waals surface area contributed by atoms with Crippen LogP contribution in [0.3, 0.4) is 0 Å². The number of anilines is 1. The van der Waals surface area contributed by atoms with Gasteiger partial charge in [0.25, 0.3) is 0 Å². The first-order valence-corrected chi connectivity index (χ1v) is 10.1. The molecule has 4 heterocycles. The molecule has 0 radical (unpaired) electrons. The summed E-state index contributed by atoms with van der Waals surface area (Å²) in [5.41, 5.74) is 2.50. The van der Waals surface area contributed by atoms with Crippen LogP contribution in [0.15, 0.2) is 37.1 Å². The van der Waals surface area contributed by atoms with Gasteiger partial charge < -0.3 is 5.32 Å². The molecule has 8 nitrogen and oxygen atoms in total. The summed E-state index contributed by atoms with van der Waals surface area (Å²) >= 11 is 6.14. The van der Waals surface area contributed by atoms with Crippen LogP contribution in [0.25, 0.3) is 22.4 Å². The molecule has 1 fully saturated rings. The molecule has 1 aliphatic rings. The third kappa shape index (κ3) is 4.15. The molecule has 0 saturated heterocycles. The molecule has 1 saturated carbocycles. The van der Waals surface area contributed by atoms with Crippen LogP contribution in [0.5, 0.6) is 0 Å². The van der Waals surface area contributed by atoms with Crippen molar-refractivity contribution >= 4 is 28.8 Å². The molecule has 1 aliphatic carbocycles. The second kappa shape index (κ2) is 7.65. The molecule has 4 aromatic rings. The van der Waals surface area contributed by atoms with Crippen molar-refractivity contribution in [2.24, 2.45) is 0 Å². The van der Waals surface area contributed by atoms with Gasteiger partial charge in [-0.2, -0.15) is 0 Å². The van der Waals surface area contributed by atoms with Crippen LogP contribution in [0.4, 0.5) is 19.1 Å². The Morgan fingerprint density at radius 1 is 1.06 bits per heavy atom. The molecule has 0 aliphatic heterocycles. The Labute approximate surface area is 179 Å². The predicted molar refractivity (Wildman–Crippen MR) is 107 cm³/mol. The van der Waals surface area contributed by atoms with Gasteiger partial charge in [0.05, 0.1) is 24.0 Å². The quantitative estimate of drug-likeness (QED) is 0.496. The summed E-state index contributed by atoms with van der Waals surface area (Å²) in [5, 5.41) is 8.16. The monoisotopic (exact) mass is 451 g/mol. The molecule has 31 heavy (non-hydrogen) atoms.